The van der Waals surface area contributed by atoms with Crippen LogP contribution in [0.1, 0.15) is 45.2 Å². The van der Waals surface area contributed by atoms with Crippen LogP contribution in [0.3, 0.4) is 0 Å². The summed E-state index contributed by atoms with van der Waals surface area (Å²) in [4.78, 5) is 34.1. The predicted molar refractivity (Wildman–Crippen MR) is 117 cm³/mol. The summed E-state index contributed by atoms with van der Waals surface area (Å²) in [6.07, 6.45) is 6.69. The largest absolute Gasteiger partial charge is 0.463 e. The lowest BCUT2D eigenvalue weighted by atomic mass is 9.89. The molecule has 1 aromatic heterocycles. The molecule has 0 amide bonds. The highest BCUT2D eigenvalue weighted by Crippen LogP contribution is 2.28. The molecule has 2 saturated heterocycles. The molecular weight excluding hydrogens is 396 g/mol. The number of Topliss-reactive ketones (excluding diaryl/α,β-unsaturated/α-hetero) is 1. The molecule has 31 heavy (non-hydrogen) atoms. The van der Waals surface area contributed by atoms with E-state index in [9.17, 15) is 9.59 Å². The summed E-state index contributed by atoms with van der Waals surface area (Å²) >= 11 is 0. The molecule has 3 heterocycles. The Labute approximate surface area is 185 Å². The van der Waals surface area contributed by atoms with Gasteiger partial charge in [-0.1, -0.05) is 0 Å². The number of carbonyl (C=O) groups is 2. The highest BCUT2D eigenvalue weighted by molar-refractivity contribution is 5.98. The van der Waals surface area contributed by atoms with Gasteiger partial charge in [0, 0.05) is 58.4 Å². The minimum atomic E-state index is -0.727. The average molecular weight is 435 g/mol. The molecule has 2 fully saturated rings. The Morgan fingerprint density at radius 3 is 2.65 bits per heavy atom. The fraction of sp³-hybridized carbons (Fsp3) is 0.783. The summed E-state index contributed by atoms with van der Waals surface area (Å²) in [5.74, 6) is -0.782. The molecule has 0 N–H and O–H groups in total. The molecule has 8 nitrogen and oxygen atoms in total. The van der Waals surface area contributed by atoms with E-state index in [4.69, 9.17) is 9.47 Å². The fourth-order valence-electron chi connectivity index (χ4n) is 4.61. The van der Waals surface area contributed by atoms with E-state index in [1.54, 1.807) is 14.0 Å². The molecule has 1 aromatic rings. The predicted octanol–water partition coefficient (Wildman–Crippen LogP) is 1.88. The van der Waals surface area contributed by atoms with Crippen LogP contribution in [0.5, 0.6) is 0 Å². The molecule has 8 heteroatoms. The molecular formula is C23H38N4O4. The standard InChI is InChI=1S/C23H38N4O4/c1-17-21(28)7-9-23(2,30-5)8-6-10-26(4)20(15-31-22(17)29)18-11-27(12-18)14-19-13-25(3)16-24-19/h13,16-18,20H,6-12,14-15H2,1-5H3/t17?,20?,23-/m1/s1. The maximum Gasteiger partial charge on any atom is 0.316 e. The number of methoxy groups -OCH3 is 1. The molecule has 2 aliphatic rings. The molecule has 2 unspecified atom stereocenters. The van der Waals surface area contributed by atoms with Crippen molar-refractivity contribution in [2.24, 2.45) is 18.9 Å². The summed E-state index contributed by atoms with van der Waals surface area (Å²) in [6, 6.07) is 0.140. The first-order valence-corrected chi connectivity index (χ1v) is 11.3. The van der Waals surface area contributed by atoms with E-state index in [1.165, 1.54) is 0 Å². The van der Waals surface area contributed by atoms with Gasteiger partial charge in [-0.3, -0.25) is 19.4 Å². The van der Waals surface area contributed by atoms with E-state index in [2.05, 4.69) is 28.8 Å². The van der Waals surface area contributed by atoms with E-state index in [0.717, 1.165) is 44.7 Å². The number of esters is 1. The van der Waals surface area contributed by atoms with Crippen LogP contribution in [0.4, 0.5) is 0 Å². The monoisotopic (exact) mass is 434 g/mol. The molecule has 0 radical (unpaired) electrons. The molecule has 0 bridgehead atoms. The summed E-state index contributed by atoms with van der Waals surface area (Å²) < 4.78 is 13.3. The topological polar surface area (TPSA) is 76.9 Å². The van der Waals surface area contributed by atoms with E-state index < -0.39 is 11.9 Å². The lowest BCUT2D eigenvalue weighted by Crippen LogP contribution is -2.57. The van der Waals surface area contributed by atoms with Crippen molar-refractivity contribution in [3.05, 3.63) is 18.2 Å². The number of hydrogen-bond donors (Lipinski definition) is 0. The van der Waals surface area contributed by atoms with Gasteiger partial charge in [0.05, 0.1) is 17.6 Å². The Morgan fingerprint density at radius 1 is 1.26 bits per heavy atom. The normalized spacial score (nSPS) is 30.7. The first-order chi connectivity index (χ1) is 14.7. The van der Waals surface area contributed by atoms with Crippen molar-refractivity contribution in [3.63, 3.8) is 0 Å². The van der Waals surface area contributed by atoms with Crippen molar-refractivity contribution in [3.8, 4) is 0 Å². The first kappa shape index (κ1) is 23.9. The maximum atomic E-state index is 12.5. The highest BCUT2D eigenvalue weighted by atomic mass is 16.5. The number of nitrogens with zero attached hydrogens (tertiary/aromatic N) is 4. The number of ketones is 1. The highest BCUT2D eigenvalue weighted by Gasteiger charge is 2.37. The van der Waals surface area contributed by atoms with Crippen LogP contribution in [0.15, 0.2) is 12.5 Å². The molecule has 0 aliphatic carbocycles. The van der Waals surface area contributed by atoms with Gasteiger partial charge in [-0.2, -0.15) is 0 Å². The third-order valence-electron chi connectivity index (χ3n) is 7.08. The number of aryl methyl sites for hydroxylation is 1. The zero-order valence-electron chi connectivity index (χ0n) is 19.7. The third-order valence-corrected chi connectivity index (χ3v) is 7.08. The molecule has 2 aliphatic heterocycles. The second-order valence-corrected chi connectivity index (χ2v) is 9.61. The van der Waals surface area contributed by atoms with Gasteiger partial charge in [-0.05, 0) is 46.7 Å². The van der Waals surface area contributed by atoms with Crippen molar-refractivity contribution in [1.82, 2.24) is 19.4 Å². The van der Waals surface area contributed by atoms with Crippen LogP contribution in [0, 0.1) is 11.8 Å². The number of rotatable bonds is 4. The van der Waals surface area contributed by atoms with Crippen LogP contribution >= 0.6 is 0 Å². The Hall–Kier alpha value is -1.77. The number of imidazole rings is 1. The molecule has 174 valence electrons. The summed E-state index contributed by atoms with van der Waals surface area (Å²) in [5.41, 5.74) is 0.724. The number of likely N-dealkylation sites (N-methyl/N-ethyl adjacent to an activating group) is 1. The van der Waals surface area contributed by atoms with Crippen LogP contribution in [-0.2, 0) is 32.7 Å². The van der Waals surface area contributed by atoms with Gasteiger partial charge in [0.25, 0.3) is 0 Å². The van der Waals surface area contributed by atoms with Gasteiger partial charge < -0.3 is 14.0 Å². The minimum absolute atomic E-state index is 0.0670. The van der Waals surface area contributed by atoms with E-state index in [0.29, 0.717) is 25.4 Å². The van der Waals surface area contributed by atoms with Gasteiger partial charge in [-0.25, -0.2) is 4.98 Å². The molecule has 0 aromatic carbocycles. The van der Waals surface area contributed by atoms with Crippen LogP contribution in [-0.4, -0.2) is 83.1 Å². The number of likely N-dealkylation sites (tertiary alicyclic amines) is 1. The van der Waals surface area contributed by atoms with Gasteiger partial charge in [0.1, 0.15) is 18.3 Å². The first-order valence-electron chi connectivity index (χ1n) is 11.3. The minimum Gasteiger partial charge on any atom is -0.463 e. The summed E-state index contributed by atoms with van der Waals surface area (Å²) in [6.45, 7) is 7.69. The number of carbonyl (C=O) groups excluding carboxylic acids is 2. The van der Waals surface area contributed by atoms with Crippen LogP contribution in [0.25, 0.3) is 0 Å². The Kier molecular flexibility index (Phi) is 7.88. The molecule has 0 spiro atoms. The zero-order valence-corrected chi connectivity index (χ0v) is 19.7. The van der Waals surface area contributed by atoms with E-state index >= 15 is 0 Å². The van der Waals surface area contributed by atoms with Crippen molar-refractivity contribution >= 4 is 11.8 Å². The van der Waals surface area contributed by atoms with Crippen LogP contribution < -0.4 is 0 Å². The second-order valence-electron chi connectivity index (χ2n) is 9.61. The average Bonchev–Trinajstić information content (AvgIpc) is 3.13. The Morgan fingerprint density at radius 2 is 2.00 bits per heavy atom. The number of hydrogen-bond acceptors (Lipinski definition) is 7. The number of cyclic esters (lactones) is 1. The Balaban J connectivity index is 1.64. The number of aromatic nitrogens is 2. The summed E-state index contributed by atoms with van der Waals surface area (Å²) in [7, 11) is 5.79. The van der Waals surface area contributed by atoms with Crippen molar-refractivity contribution in [1.29, 1.82) is 0 Å². The van der Waals surface area contributed by atoms with E-state index in [1.807, 2.05) is 24.1 Å². The molecule has 0 saturated carbocycles. The van der Waals surface area contributed by atoms with Gasteiger partial charge >= 0.3 is 5.97 Å². The second kappa shape index (κ2) is 10.2. The number of ether oxygens (including phenoxy) is 2. The maximum absolute atomic E-state index is 12.5. The van der Waals surface area contributed by atoms with Crippen molar-refractivity contribution < 1.29 is 19.1 Å². The summed E-state index contributed by atoms with van der Waals surface area (Å²) in [5, 5.41) is 0. The van der Waals surface area contributed by atoms with Crippen LogP contribution in [0.2, 0.25) is 0 Å². The van der Waals surface area contributed by atoms with Gasteiger partial charge in [0.15, 0.2) is 0 Å². The smallest absolute Gasteiger partial charge is 0.316 e. The van der Waals surface area contributed by atoms with E-state index in [-0.39, 0.29) is 17.4 Å². The van der Waals surface area contributed by atoms with Gasteiger partial charge in [-0.15, -0.1) is 0 Å². The Bertz CT molecular complexity index is 761. The quantitative estimate of drug-likeness (QED) is 0.529. The van der Waals surface area contributed by atoms with Crippen molar-refractivity contribution in [2.45, 2.75) is 57.7 Å². The lowest BCUT2D eigenvalue weighted by molar-refractivity contribution is -0.154. The van der Waals surface area contributed by atoms with Crippen molar-refractivity contribution in [2.75, 3.05) is 40.4 Å². The van der Waals surface area contributed by atoms with Gasteiger partial charge in [0.2, 0.25) is 0 Å². The lowest BCUT2D eigenvalue weighted by Gasteiger charge is -2.46. The SMILES string of the molecule is CO[C@]1(C)CCCN(C)C(C2CN(Cc3cn(C)cn3)C2)COC(=O)C(C)C(=O)CC1. The molecule has 3 atom stereocenters. The molecule has 3 rings (SSSR count). The fourth-order valence-corrected chi connectivity index (χ4v) is 4.61. The zero-order chi connectivity index (χ0) is 22.6. The third kappa shape index (κ3) is 6.14.